The van der Waals surface area contributed by atoms with Crippen molar-refractivity contribution in [1.82, 2.24) is 0 Å². The van der Waals surface area contributed by atoms with E-state index in [9.17, 15) is 17.6 Å². The largest absolute Gasteiger partial charge is 0.207 e. The van der Waals surface area contributed by atoms with E-state index in [1.807, 2.05) is 6.92 Å². The van der Waals surface area contributed by atoms with Gasteiger partial charge in [0.25, 0.3) is 0 Å². The van der Waals surface area contributed by atoms with Crippen molar-refractivity contribution in [2.45, 2.75) is 51.9 Å². The SMILES string of the molecule is CCCc1cc(F)c(CCC2CCc3c(ccc(F)c3F)C2)c(F)c1. The van der Waals surface area contributed by atoms with E-state index in [-0.39, 0.29) is 11.5 Å². The number of hydrogen-bond donors (Lipinski definition) is 0. The predicted molar refractivity (Wildman–Crippen MR) is 90.5 cm³/mol. The molecule has 0 spiro atoms. The van der Waals surface area contributed by atoms with Gasteiger partial charge in [-0.1, -0.05) is 19.4 Å². The van der Waals surface area contributed by atoms with Gasteiger partial charge in [0.05, 0.1) is 0 Å². The average Bonchev–Trinajstić information content (AvgIpc) is 2.58. The highest BCUT2D eigenvalue weighted by atomic mass is 19.2. The zero-order chi connectivity index (χ0) is 18.0. The van der Waals surface area contributed by atoms with Crippen LogP contribution in [0.2, 0.25) is 0 Å². The van der Waals surface area contributed by atoms with E-state index in [4.69, 9.17) is 0 Å². The fraction of sp³-hybridized carbons (Fsp3) is 0.429. The van der Waals surface area contributed by atoms with Crippen molar-refractivity contribution in [1.29, 1.82) is 0 Å². The molecule has 2 aromatic carbocycles. The number of hydrogen-bond acceptors (Lipinski definition) is 0. The number of fused-ring (bicyclic) bond motifs is 1. The van der Waals surface area contributed by atoms with Crippen LogP contribution in [-0.2, 0) is 25.7 Å². The summed E-state index contributed by atoms with van der Waals surface area (Å²) in [5, 5.41) is 0. The Hall–Kier alpha value is -1.84. The van der Waals surface area contributed by atoms with Gasteiger partial charge in [0.1, 0.15) is 11.6 Å². The van der Waals surface area contributed by atoms with Crippen LogP contribution in [0.1, 0.15) is 48.4 Å². The maximum Gasteiger partial charge on any atom is 0.162 e. The van der Waals surface area contributed by atoms with Gasteiger partial charge in [-0.15, -0.1) is 0 Å². The summed E-state index contributed by atoms with van der Waals surface area (Å²) >= 11 is 0. The third-order valence-electron chi connectivity index (χ3n) is 5.15. The normalized spacial score (nSPS) is 16.8. The first-order chi connectivity index (χ1) is 12.0. The maximum absolute atomic E-state index is 14.2. The summed E-state index contributed by atoms with van der Waals surface area (Å²) in [4.78, 5) is 0. The molecular weight excluding hydrogens is 328 g/mol. The molecule has 2 aromatic rings. The zero-order valence-electron chi connectivity index (χ0n) is 14.3. The van der Waals surface area contributed by atoms with E-state index in [2.05, 4.69) is 0 Å². The minimum atomic E-state index is -0.812. The Kier molecular flexibility index (Phi) is 5.45. The Balaban J connectivity index is 1.68. The van der Waals surface area contributed by atoms with Crippen LogP contribution in [0, 0.1) is 29.2 Å². The molecule has 0 bridgehead atoms. The first-order valence-corrected chi connectivity index (χ1v) is 8.92. The Morgan fingerprint density at radius 2 is 1.68 bits per heavy atom. The van der Waals surface area contributed by atoms with E-state index < -0.39 is 23.3 Å². The van der Waals surface area contributed by atoms with Crippen LogP contribution in [0.25, 0.3) is 0 Å². The fourth-order valence-electron chi connectivity index (χ4n) is 3.78. The van der Waals surface area contributed by atoms with Gasteiger partial charge in [-0.3, -0.25) is 0 Å². The minimum absolute atomic E-state index is 0.135. The first kappa shape index (κ1) is 18.0. The molecule has 1 aliphatic carbocycles. The third kappa shape index (κ3) is 3.88. The maximum atomic E-state index is 14.2. The van der Waals surface area contributed by atoms with E-state index in [0.29, 0.717) is 49.7 Å². The van der Waals surface area contributed by atoms with Gasteiger partial charge < -0.3 is 0 Å². The molecule has 1 atom stereocenters. The van der Waals surface area contributed by atoms with Crippen molar-refractivity contribution >= 4 is 0 Å². The number of aryl methyl sites for hydroxylation is 1. The Morgan fingerprint density at radius 1 is 0.960 bits per heavy atom. The van der Waals surface area contributed by atoms with E-state index >= 15 is 0 Å². The number of benzene rings is 2. The van der Waals surface area contributed by atoms with Crippen LogP contribution in [0.4, 0.5) is 17.6 Å². The quantitative estimate of drug-likeness (QED) is 0.586. The Labute approximate surface area is 145 Å². The Bertz CT molecular complexity index is 744. The second kappa shape index (κ2) is 7.59. The lowest BCUT2D eigenvalue weighted by Crippen LogP contribution is -2.17. The summed E-state index contributed by atoms with van der Waals surface area (Å²) in [7, 11) is 0. The average molecular weight is 350 g/mol. The summed E-state index contributed by atoms with van der Waals surface area (Å²) in [6, 6.07) is 5.63. The summed E-state index contributed by atoms with van der Waals surface area (Å²) in [5.41, 5.74) is 2.09. The molecule has 1 unspecified atom stereocenters. The van der Waals surface area contributed by atoms with Gasteiger partial charge in [0.15, 0.2) is 11.6 Å². The highest BCUT2D eigenvalue weighted by Crippen LogP contribution is 2.31. The molecule has 0 heterocycles. The van der Waals surface area contributed by atoms with Gasteiger partial charge in [-0.25, -0.2) is 17.6 Å². The lowest BCUT2D eigenvalue weighted by Gasteiger charge is -2.25. The molecule has 4 heteroatoms. The zero-order valence-corrected chi connectivity index (χ0v) is 14.3. The molecule has 0 nitrogen and oxygen atoms in total. The molecule has 25 heavy (non-hydrogen) atoms. The minimum Gasteiger partial charge on any atom is -0.207 e. The smallest absolute Gasteiger partial charge is 0.162 e. The molecule has 0 fully saturated rings. The first-order valence-electron chi connectivity index (χ1n) is 8.92. The van der Waals surface area contributed by atoms with Crippen molar-refractivity contribution in [3.05, 3.63) is 69.8 Å². The van der Waals surface area contributed by atoms with Crippen molar-refractivity contribution in [2.75, 3.05) is 0 Å². The van der Waals surface area contributed by atoms with Crippen LogP contribution in [0.5, 0.6) is 0 Å². The molecule has 0 aromatic heterocycles. The van der Waals surface area contributed by atoms with Crippen LogP contribution in [-0.4, -0.2) is 0 Å². The summed E-state index contributed by atoms with van der Waals surface area (Å²) in [6.07, 6.45) is 4.29. The highest BCUT2D eigenvalue weighted by molar-refractivity contribution is 5.32. The summed E-state index contributed by atoms with van der Waals surface area (Å²) < 4.78 is 55.5. The van der Waals surface area contributed by atoms with Crippen LogP contribution in [0.3, 0.4) is 0 Å². The molecule has 0 aliphatic heterocycles. The fourth-order valence-corrected chi connectivity index (χ4v) is 3.78. The molecule has 3 rings (SSSR count). The lowest BCUT2D eigenvalue weighted by atomic mass is 9.80. The number of halogens is 4. The topological polar surface area (TPSA) is 0 Å². The monoisotopic (exact) mass is 350 g/mol. The molecule has 0 N–H and O–H groups in total. The molecule has 0 radical (unpaired) electrons. The van der Waals surface area contributed by atoms with Gasteiger partial charge >= 0.3 is 0 Å². The van der Waals surface area contributed by atoms with Crippen molar-refractivity contribution in [3.63, 3.8) is 0 Å². The van der Waals surface area contributed by atoms with E-state index in [1.54, 1.807) is 6.07 Å². The molecule has 0 saturated carbocycles. The lowest BCUT2D eigenvalue weighted by molar-refractivity contribution is 0.403. The van der Waals surface area contributed by atoms with Gasteiger partial charge in [0.2, 0.25) is 0 Å². The van der Waals surface area contributed by atoms with Crippen LogP contribution < -0.4 is 0 Å². The highest BCUT2D eigenvalue weighted by Gasteiger charge is 2.23. The number of rotatable bonds is 5. The molecule has 0 saturated heterocycles. The standard InChI is InChI=1S/C21H22F4/c1-2-3-14-11-19(23)17(20(24)12-14)8-5-13-4-7-16-15(10-13)6-9-18(22)21(16)25/h6,9,11-13H,2-5,7-8,10H2,1H3. The van der Waals surface area contributed by atoms with Crippen molar-refractivity contribution in [2.24, 2.45) is 5.92 Å². The van der Waals surface area contributed by atoms with E-state index in [1.165, 1.54) is 12.1 Å². The second-order valence-corrected chi connectivity index (χ2v) is 6.93. The molecular formula is C21H22F4. The van der Waals surface area contributed by atoms with Gasteiger partial charge in [-0.05, 0) is 79.3 Å². The Morgan fingerprint density at radius 3 is 2.36 bits per heavy atom. The van der Waals surface area contributed by atoms with Gasteiger partial charge in [0, 0.05) is 5.56 Å². The van der Waals surface area contributed by atoms with Crippen LogP contribution >= 0.6 is 0 Å². The van der Waals surface area contributed by atoms with Gasteiger partial charge in [-0.2, -0.15) is 0 Å². The summed E-state index contributed by atoms with van der Waals surface area (Å²) in [5.74, 6) is -2.29. The summed E-state index contributed by atoms with van der Waals surface area (Å²) in [6.45, 7) is 1.97. The third-order valence-corrected chi connectivity index (χ3v) is 5.15. The molecule has 0 amide bonds. The predicted octanol–water partition coefficient (Wildman–Crippen LogP) is 5.93. The molecule has 134 valence electrons. The second-order valence-electron chi connectivity index (χ2n) is 6.93. The van der Waals surface area contributed by atoms with Crippen molar-refractivity contribution in [3.8, 4) is 0 Å². The van der Waals surface area contributed by atoms with E-state index in [0.717, 1.165) is 18.1 Å². The van der Waals surface area contributed by atoms with Crippen LogP contribution in [0.15, 0.2) is 24.3 Å². The van der Waals surface area contributed by atoms with Crippen molar-refractivity contribution < 1.29 is 17.6 Å². The molecule has 1 aliphatic rings.